The summed E-state index contributed by atoms with van der Waals surface area (Å²) in [5.74, 6) is -3.13. The molecule has 6 nitrogen and oxygen atoms in total. The van der Waals surface area contributed by atoms with Crippen LogP contribution in [0, 0.1) is 0 Å². The van der Waals surface area contributed by atoms with Gasteiger partial charge in [0.2, 0.25) is 0 Å². The number of carbonyl (C=O) groups is 2. The summed E-state index contributed by atoms with van der Waals surface area (Å²) in [6.07, 6.45) is 5.80. The summed E-state index contributed by atoms with van der Waals surface area (Å²) in [7, 11) is 0. The number of aromatic hydroxyl groups is 2. The van der Waals surface area contributed by atoms with E-state index >= 15 is 0 Å². The number of carboxylic acid groups (broad SMARTS) is 2. The number of hydrogen-bond donors (Lipinski definition) is 2. The molecule has 0 amide bonds. The van der Waals surface area contributed by atoms with Crippen molar-refractivity contribution < 1.29 is 49.5 Å². The van der Waals surface area contributed by atoms with Crippen LogP contribution >= 0.6 is 0 Å². The van der Waals surface area contributed by atoms with E-state index in [9.17, 15) is 30.0 Å². The zero-order chi connectivity index (χ0) is 21.1. The van der Waals surface area contributed by atoms with Crippen molar-refractivity contribution in [1.29, 1.82) is 0 Å². The van der Waals surface area contributed by atoms with Crippen molar-refractivity contribution in [1.82, 2.24) is 0 Å². The molecule has 2 rings (SSSR count). The third kappa shape index (κ3) is 9.09. The summed E-state index contributed by atoms with van der Waals surface area (Å²) in [6.45, 7) is 4.14. The largest absolute Gasteiger partial charge is 2.00 e. The van der Waals surface area contributed by atoms with Crippen molar-refractivity contribution in [3.05, 3.63) is 58.7 Å². The molecule has 2 N–H and O–H groups in total. The van der Waals surface area contributed by atoms with E-state index in [4.69, 9.17) is 0 Å². The third-order valence-corrected chi connectivity index (χ3v) is 4.20. The fourth-order valence-electron chi connectivity index (χ4n) is 2.57. The Balaban J connectivity index is 0.000000523. The van der Waals surface area contributed by atoms with Crippen LogP contribution in [0.15, 0.2) is 36.4 Å². The van der Waals surface area contributed by atoms with Gasteiger partial charge >= 0.3 is 19.5 Å². The molecule has 0 radical (unpaired) electrons. The Bertz CT molecular complexity index is 736. The third-order valence-electron chi connectivity index (χ3n) is 4.20. The Morgan fingerprint density at radius 2 is 1.10 bits per heavy atom. The number of aryl methyl sites for hydroxylation is 2. The van der Waals surface area contributed by atoms with Crippen molar-refractivity contribution in [2.75, 3.05) is 0 Å². The minimum Gasteiger partial charge on any atom is -0.545 e. The van der Waals surface area contributed by atoms with E-state index in [1.807, 2.05) is 0 Å². The molecule has 0 saturated carbocycles. The fourth-order valence-corrected chi connectivity index (χ4v) is 2.57. The van der Waals surface area contributed by atoms with Gasteiger partial charge in [0.05, 0.1) is 11.9 Å². The number of rotatable bonds is 8. The van der Waals surface area contributed by atoms with Gasteiger partial charge in [-0.05, 0) is 61.1 Å². The molecule has 0 unspecified atom stereocenters. The molecule has 0 aromatic heterocycles. The van der Waals surface area contributed by atoms with E-state index in [1.54, 1.807) is 12.1 Å². The van der Waals surface area contributed by atoms with Crippen molar-refractivity contribution in [3.63, 3.8) is 0 Å². The summed E-state index contributed by atoms with van der Waals surface area (Å²) in [5.41, 5.74) is 1.59. The summed E-state index contributed by atoms with van der Waals surface area (Å²) in [6, 6.07) is 9.21. The second-order valence-electron chi connectivity index (χ2n) is 6.49. The number of carboxylic acids is 2. The fraction of sp³-hybridized carbons (Fsp3) is 0.364. The molecule has 2 aromatic rings. The van der Waals surface area contributed by atoms with Gasteiger partial charge in [0.25, 0.3) is 0 Å². The number of benzene rings is 2. The molecule has 0 aliphatic rings. The quantitative estimate of drug-likeness (QED) is 0.593. The van der Waals surface area contributed by atoms with Gasteiger partial charge in [0, 0.05) is 11.1 Å². The Kier molecular flexibility index (Phi) is 12.6. The molecule has 0 atom stereocenters. The van der Waals surface area contributed by atoms with E-state index in [-0.39, 0.29) is 42.1 Å². The molecular formula is C22H26O6Zn. The van der Waals surface area contributed by atoms with Gasteiger partial charge < -0.3 is 30.0 Å². The van der Waals surface area contributed by atoms with Crippen LogP contribution in [0.5, 0.6) is 11.5 Å². The van der Waals surface area contributed by atoms with E-state index in [2.05, 4.69) is 13.8 Å². The molecule has 0 bridgehead atoms. The topological polar surface area (TPSA) is 121 Å². The van der Waals surface area contributed by atoms with E-state index in [0.717, 1.165) is 49.7 Å². The molecule has 7 heteroatoms. The van der Waals surface area contributed by atoms with Crippen molar-refractivity contribution in [2.24, 2.45) is 0 Å². The van der Waals surface area contributed by atoms with E-state index in [1.165, 1.54) is 24.3 Å². The van der Waals surface area contributed by atoms with Crippen LogP contribution in [0.2, 0.25) is 0 Å². The molecule has 29 heavy (non-hydrogen) atoms. The SMILES string of the molecule is CCCCc1ccc(O)c(C(=O)[O-])c1.CCCCc1ccc(O)c(C(=O)[O-])c1.[Zn+2]. The summed E-state index contributed by atoms with van der Waals surface area (Å²) in [4.78, 5) is 21.2. The zero-order valence-corrected chi connectivity index (χ0v) is 19.9. The van der Waals surface area contributed by atoms with Gasteiger partial charge in [-0.3, -0.25) is 0 Å². The molecule has 2 aromatic carbocycles. The first-order chi connectivity index (χ1) is 13.3. The average molecular weight is 452 g/mol. The Hall–Kier alpha value is -2.40. The number of hydrogen-bond acceptors (Lipinski definition) is 6. The first kappa shape index (κ1) is 26.6. The van der Waals surface area contributed by atoms with Gasteiger partial charge in [-0.1, -0.05) is 38.8 Å². The van der Waals surface area contributed by atoms with Crippen molar-refractivity contribution >= 4 is 11.9 Å². The van der Waals surface area contributed by atoms with Crippen LogP contribution in [0.3, 0.4) is 0 Å². The predicted octanol–water partition coefficient (Wildman–Crippen LogP) is 2.19. The molecule has 0 heterocycles. The standard InChI is InChI=1S/2C11H14O3.Zn/c2*1-2-3-4-8-5-6-10(12)9(7-8)11(13)14;/h2*5-7,12H,2-4H2,1H3,(H,13,14);/q;;+2/p-2. The van der Waals surface area contributed by atoms with E-state index in [0.29, 0.717) is 0 Å². The zero-order valence-electron chi connectivity index (χ0n) is 16.9. The minimum absolute atomic E-state index is 0. The van der Waals surface area contributed by atoms with Crippen molar-refractivity contribution in [2.45, 2.75) is 52.4 Å². The maximum Gasteiger partial charge on any atom is 2.00 e. The van der Waals surface area contributed by atoms with Gasteiger partial charge in [-0.15, -0.1) is 0 Å². The van der Waals surface area contributed by atoms with Gasteiger partial charge in [0.15, 0.2) is 0 Å². The normalized spacial score (nSPS) is 9.72. The van der Waals surface area contributed by atoms with Crippen LogP contribution in [-0.2, 0) is 32.3 Å². The number of unbranched alkanes of at least 4 members (excludes halogenated alkanes) is 2. The molecule has 0 aliphatic heterocycles. The van der Waals surface area contributed by atoms with Crippen LogP contribution in [0.4, 0.5) is 0 Å². The smallest absolute Gasteiger partial charge is 0.545 e. The summed E-state index contributed by atoms with van der Waals surface area (Å²) in [5, 5.41) is 39.6. The van der Waals surface area contributed by atoms with Gasteiger partial charge in [-0.2, -0.15) is 0 Å². The minimum atomic E-state index is -1.33. The van der Waals surface area contributed by atoms with Gasteiger partial charge in [-0.25, -0.2) is 0 Å². The first-order valence-electron chi connectivity index (χ1n) is 9.36. The maximum atomic E-state index is 10.6. The second-order valence-corrected chi connectivity index (χ2v) is 6.49. The molecule has 152 valence electrons. The Labute approximate surface area is 184 Å². The molecule has 0 aliphatic carbocycles. The number of aromatic carboxylic acids is 2. The van der Waals surface area contributed by atoms with Crippen LogP contribution < -0.4 is 10.2 Å². The summed E-state index contributed by atoms with van der Waals surface area (Å²) >= 11 is 0. The molecule has 0 fully saturated rings. The number of carbonyl (C=O) groups excluding carboxylic acids is 2. The van der Waals surface area contributed by atoms with Crippen LogP contribution in [0.1, 0.15) is 71.4 Å². The van der Waals surface area contributed by atoms with Crippen LogP contribution in [-0.4, -0.2) is 22.2 Å². The maximum absolute atomic E-state index is 10.6. The first-order valence-corrected chi connectivity index (χ1v) is 9.36. The van der Waals surface area contributed by atoms with E-state index < -0.39 is 11.9 Å². The molecule has 0 saturated heterocycles. The summed E-state index contributed by atoms with van der Waals surface area (Å²) < 4.78 is 0. The predicted molar refractivity (Wildman–Crippen MR) is 102 cm³/mol. The second kappa shape index (κ2) is 13.7. The van der Waals surface area contributed by atoms with Crippen LogP contribution in [0.25, 0.3) is 0 Å². The van der Waals surface area contributed by atoms with Gasteiger partial charge in [0.1, 0.15) is 11.5 Å². The number of phenols is 2. The molecular weight excluding hydrogens is 426 g/mol. The Morgan fingerprint density at radius 1 is 0.759 bits per heavy atom. The Morgan fingerprint density at radius 3 is 1.38 bits per heavy atom. The van der Waals surface area contributed by atoms with Crippen molar-refractivity contribution in [3.8, 4) is 11.5 Å². The monoisotopic (exact) mass is 450 g/mol. The average Bonchev–Trinajstić information content (AvgIpc) is 2.66. The molecule has 0 spiro atoms.